The van der Waals surface area contributed by atoms with Crippen molar-refractivity contribution < 1.29 is 44.8 Å². The summed E-state index contributed by atoms with van der Waals surface area (Å²) in [5.74, 6) is 0. The zero-order valence-electron chi connectivity index (χ0n) is 6.82. The molecule has 0 radical (unpaired) electrons. The van der Waals surface area contributed by atoms with Crippen molar-refractivity contribution in [3.63, 3.8) is 0 Å². The molecule has 12 nitrogen and oxygen atoms in total. The molecule has 17 heteroatoms. The summed E-state index contributed by atoms with van der Waals surface area (Å²) in [6.45, 7) is 0. The predicted octanol–water partition coefficient (Wildman–Crippen LogP) is 1.81. The summed E-state index contributed by atoms with van der Waals surface area (Å²) < 4.78 is 0. The van der Waals surface area contributed by atoms with Gasteiger partial charge in [0.1, 0.15) is 0 Å². The van der Waals surface area contributed by atoms with Gasteiger partial charge in [0.25, 0.3) is 0 Å². The third kappa shape index (κ3) is 40400. The minimum atomic E-state index is -1.75. The standard InChI is InChI=1S/3BrH.3NO3.2Rh/c;;;3*2-1(3)4;;/h3*1H;;;;;/q;;;3*-1;2*+3/p-3. The summed E-state index contributed by atoms with van der Waals surface area (Å²) in [7, 11) is -0.639. The first-order valence-electron chi connectivity index (χ1n) is 2.02. The topological polar surface area (TPSA) is 199 Å². The first-order valence-corrected chi connectivity index (χ1v) is 13.3. The molecule has 0 aliphatic rings. The molecule has 0 aromatic rings. The van der Waals surface area contributed by atoms with Crippen LogP contribution in [0.25, 0.3) is 0 Å². The quantitative estimate of drug-likeness (QED) is 0.217. The molecular formula is Br3N3O9Rh2. The normalized spacial score (nSPS) is 6.88. The van der Waals surface area contributed by atoms with E-state index >= 15 is 0 Å². The van der Waals surface area contributed by atoms with Gasteiger partial charge in [-0.1, -0.05) is 0 Å². The summed E-state index contributed by atoms with van der Waals surface area (Å²) in [6, 6.07) is 0. The van der Waals surface area contributed by atoms with Gasteiger partial charge < -0.3 is 46.0 Å². The Morgan fingerprint density at radius 3 is 0.647 bits per heavy atom. The van der Waals surface area contributed by atoms with Crippen molar-refractivity contribution in [1.82, 2.24) is 0 Å². The Kier molecular flexibility index (Phi) is 45.0. The number of hydrogen-bond donors (Lipinski definition) is 0. The van der Waals surface area contributed by atoms with Gasteiger partial charge in [-0.25, -0.2) is 0 Å². The molecule has 0 aliphatic heterocycles. The van der Waals surface area contributed by atoms with Crippen LogP contribution < -0.4 is 0 Å². The Balaban J connectivity index is -0.0000000369. The Bertz CT molecular complexity index is 157. The van der Waals surface area contributed by atoms with Crippen molar-refractivity contribution in [3.8, 4) is 0 Å². The van der Waals surface area contributed by atoms with Gasteiger partial charge in [-0.15, -0.1) is 0 Å². The maximum Gasteiger partial charge on any atom is 3.00 e. The van der Waals surface area contributed by atoms with Crippen LogP contribution in [0.1, 0.15) is 0 Å². The van der Waals surface area contributed by atoms with Crippen LogP contribution in [-0.4, -0.2) is 15.3 Å². The molecule has 108 valence electrons. The van der Waals surface area contributed by atoms with Crippen LogP contribution in [0, 0.1) is 46.0 Å². The zero-order chi connectivity index (χ0) is 14.3. The molecule has 0 amide bonds. The SMILES string of the molecule is O=[N+]([O-])[O-].O=[N+]([O-])[O-].O=[N+]([O-])[O-].[Br][Rh]([Br])[Br].[Rh+3]. The van der Waals surface area contributed by atoms with E-state index in [1.54, 1.807) is 0 Å². The van der Waals surface area contributed by atoms with Crippen LogP contribution in [0.4, 0.5) is 0 Å². The fourth-order valence-corrected chi connectivity index (χ4v) is 0. The molecule has 0 rings (SSSR count). The van der Waals surface area contributed by atoms with E-state index in [0.29, 0.717) is 0 Å². The van der Waals surface area contributed by atoms with Gasteiger partial charge >= 0.3 is 70.4 Å². The average molecular weight is 632 g/mol. The fraction of sp³-hybridized carbons (Fsp3) is 0. The number of hydrogen-bond acceptors (Lipinski definition) is 9. The Hall–Kier alpha value is 0.287. The van der Waals surface area contributed by atoms with Crippen LogP contribution in [0.3, 0.4) is 0 Å². The molecule has 0 bridgehead atoms. The molecule has 17 heavy (non-hydrogen) atoms. The van der Waals surface area contributed by atoms with E-state index in [1.165, 1.54) is 0 Å². The fourth-order valence-electron chi connectivity index (χ4n) is 0. The molecular weight excluding hydrogens is 632 g/mol. The smallest absolute Gasteiger partial charge is 3.00 e. The van der Waals surface area contributed by atoms with Crippen molar-refractivity contribution in [3.05, 3.63) is 46.0 Å². The molecule has 0 unspecified atom stereocenters. The molecule has 0 spiro atoms. The van der Waals surface area contributed by atoms with Crippen molar-refractivity contribution in [2.45, 2.75) is 0 Å². The van der Waals surface area contributed by atoms with Crippen molar-refractivity contribution in [1.29, 1.82) is 0 Å². The molecule has 0 aromatic carbocycles. The van der Waals surface area contributed by atoms with E-state index in [9.17, 15) is 0 Å². The van der Waals surface area contributed by atoms with E-state index in [2.05, 4.69) is 40.9 Å². The van der Waals surface area contributed by atoms with E-state index in [1.807, 2.05) is 0 Å². The molecule has 0 aromatic heterocycles. The van der Waals surface area contributed by atoms with Crippen LogP contribution in [-0.2, 0) is 29.5 Å². The largest absolute Gasteiger partial charge is 3.00 e. The molecule has 0 atom stereocenters. The van der Waals surface area contributed by atoms with Gasteiger partial charge in [-0.3, -0.25) is 0 Å². The number of rotatable bonds is 0. The van der Waals surface area contributed by atoms with Gasteiger partial charge in [0, 0.05) is 0 Å². The average Bonchev–Trinajstić information content (AvgIpc) is 1.76. The van der Waals surface area contributed by atoms with Crippen LogP contribution in [0.5, 0.6) is 0 Å². The monoisotopic (exact) mass is 629 g/mol. The van der Waals surface area contributed by atoms with Crippen molar-refractivity contribution >= 4 is 40.9 Å². The van der Waals surface area contributed by atoms with Gasteiger partial charge in [0.2, 0.25) is 0 Å². The Labute approximate surface area is 130 Å². The minimum absolute atomic E-state index is 0. The maximum absolute atomic E-state index is 8.25. The summed E-state index contributed by atoms with van der Waals surface area (Å²) >= 11 is 9.70. The van der Waals surface area contributed by atoms with Crippen molar-refractivity contribution in [2.75, 3.05) is 0 Å². The molecule has 0 saturated heterocycles. The third-order valence-corrected chi connectivity index (χ3v) is 0. The van der Waals surface area contributed by atoms with Gasteiger partial charge in [0.05, 0.1) is 15.3 Å². The molecule has 0 heterocycles. The number of nitrogens with zero attached hydrogens (tertiary/aromatic N) is 3. The van der Waals surface area contributed by atoms with Gasteiger partial charge in [-0.05, 0) is 0 Å². The van der Waals surface area contributed by atoms with Crippen molar-refractivity contribution in [2.24, 2.45) is 0 Å². The summed E-state index contributed by atoms with van der Waals surface area (Å²) in [5, 5.41) is 44.2. The number of halogens is 3. The first-order chi connectivity index (χ1) is 6.93. The third-order valence-electron chi connectivity index (χ3n) is 0. The Morgan fingerprint density at radius 2 is 0.647 bits per heavy atom. The molecule has 0 N–H and O–H groups in total. The van der Waals surface area contributed by atoms with Gasteiger partial charge in [0.15, 0.2) is 0 Å². The van der Waals surface area contributed by atoms with Gasteiger partial charge in [-0.2, -0.15) is 0 Å². The second-order valence-corrected chi connectivity index (χ2v) is 23.5. The molecule has 0 fully saturated rings. The predicted molar refractivity (Wildman–Crippen MR) is 57.9 cm³/mol. The summed E-state index contributed by atoms with van der Waals surface area (Å²) in [5.41, 5.74) is 0. The van der Waals surface area contributed by atoms with E-state index in [4.69, 9.17) is 46.0 Å². The van der Waals surface area contributed by atoms with E-state index in [0.717, 1.165) is 0 Å². The van der Waals surface area contributed by atoms with Crippen LogP contribution >= 0.6 is 40.9 Å². The van der Waals surface area contributed by atoms with E-state index in [-0.39, 0.29) is 19.5 Å². The Morgan fingerprint density at radius 1 is 0.647 bits per heavy atom. The maximum atomic E-state index is 8.25. The molecule has 0 saturated carbocycles. The zero-order valence-corrected chi connectivity index (χ0v) is 14.9. The van der Waals surface area contributed by atoms with Crippen LogP contribution in [0.2, 0.25) is 0 Å². The van der Waals surface area contributed by atoms with E-state index < -0.39 is 25.3 Å². The first kappa shape index (κ1) is 30.4. The second-order valence-electron chi connectivity index (χ2n) is 0.814. The summed E-state index contributed by atoms with van der Waals surface area (Å²) in [4.78, 5) is 24.8. The van der Waals surface area contributed by atoms with Crippen LogP contribution in [0.15, 0.2) is 0 Å². The second kappa shape index (κ2) is 25.2. The molecule has 0 aliphatic carbocycles. The summed E-state index contributed by atoms with van der Waals surface area (Å²) in [6.07, 6.45) is 0. The minimum Gasteiger partial charge on any atom is 3.00 e.